The molecule has 34 heavy (non-hydrogen) atoms. The number of imidazole rings is 1. The Morgan fingerprint density at radius 1 is 1.09 bits per heavy atom. The van der Waals surface area contributed by atoms with Crippen LogP contribution >= 0.6 is 0 Å². The van der Waals surface area contributed by atoms with E-state index in [1.807, 2.05) is 41.0 Å². The number of carbonyl (C=O) groups is 1. The summed E-state index contributed by atoms with van der Waals surface area (Å²) >= 11 is 0. The number of phenols is 1. The average molecular weight is 461 g/mol. The SMILES string of the molecule is COCCOc1cc(N=Nc2ccc(O)c(OC=O)c2)c2nc(N)n(Cc3ccccc3)c2c1. The predicted octanol–water partition coefficient (Wildman–Crippen LogP) is 4.35. The Morgan fingerprint density at radius 3 is 2.68 bits per heavy atom. The van der Waals surface area contributed by atoms with Crippen LogP contribution < -0.4 is 15.2 Å². The lowest BCUT2D eigenvalue weighted by atomic mass is 10.2. The fourth-order valence-electron chi connectivity index (χ4n) is 3.36. The molecule has 0 saturated heterocycles. The molecular formula is C24H23N5O5. The van der Waals surface area contributed by atoms with Crippen LogP contribution in [0.5, 0.6) is 17.2 Å². The molecule has 4 rings (SSSR count). The number of anilines is 1. The summed E-state index contributed by atoms with van der Waals surface area (Å²) in [6.07, 6.45) is 0. The van der Waals surface area contributed by atoms with Crippen LogP contribution in [0.1, 0.15) is 5.56 Å². The van der Waals surface area contributed by atoms with Crippen LogP contribution in [0.4, 0.5) is 17.3 Å². The summed E-state index contributed by atoms with van der Waals surface area (Å²) in [6, 6.07) is 17.8. The zero-order chi connectivity index (χ0) is 23.9. The van der Waals surface area contributed by atoms with Crippen LogP contribution in [0.15, 0.2) is 70.9 Å². The molecule has 0 unspecified atom stereocenters. The van der Waals surface area contributed by atoms with Gasteiger partial charge in [0.05, 0.1) is 24.4 Å². The lowest BCUT2D eigenvalue weighted by Gasteiger charge is -2.10. The Labute approximate surface area is 195 Å². The Hall–Kier alpha value is -4.44. The quantitative estimate of drug-likeness (QED) is 0.204. The summed E-state index contributed by atoms with van der Waals surface area (Å²) in [4.78, 5) is 15.2. The van der Waals surface area contributed by atoms with E-state index in [0.717, 1.165) is 11.1 Å². The van der Waals surface area contributed by atoms with Gasteiger partial charge < -0.3 is 29.6 Å². The Bertz CT molecular complexity index is 1320. The number of phenolic OH excluding ortho intramolecular Hbond substituents is 1. The van der Waals surface area contributed by atoms with Gasteiger partial charge in [-0.1, -0.05) is 30.3 Å². The lowest BCUT2D eigenvalue weighted by molar-refractivity contribution is -0.120. The van der Waals surface area contributed by atoms with Crippen molar-refractivity contribution in [3.05, 3.63) is 66.2 Å². The summed E-state index contributed by atoms with van der Waals surface area (Å²) in [5.74, 6) is 0.679. The molecule has 3 aromatic carbocycles. The van der Waals surface area contributed by atoms with Crippen molar-refractivity contribution < 1.29 is 24.1 Å². The molecule has 4 aromatic rings. The number of rotatable bonds is 10. The van der Waals surface area contributed by atoms with Gasteiger partial charge in [0.25, 0.3) is 6.47 Å². The van der Waals surface area contributed by atoms with Crippen molar-refractivity contribution in [1.82, 2.24) is 9.55 Å². The van der Waals surface area contributed by atoms with Gasteiger partial charge in [-0.05, 0) is 17.7 Å². The number of benzene rings is 3. The third-order valence-corrected chi connectivity index (χ3v) is 4.97. The molecule has 0 atom stereocenters. The number of fused-ring (bicyclic) bond motifs is 1. The van der Waals surface area contributed by atoms with E-state index in [2.05, 4.69) is 15.2 Å². The number of aromatic hydroxyl groups is 1. The third kappa shape index (κ3) is 5.13. The maximum Gasteiger partial charge on any atom is 0.298 e. The van der Waals surface area contributed by atoms with Crippen LogP contribution in [0, 0.1) is 0 Å². The normalized spacial score (nSPS) is 11.2. The second kappa shape index (κ2) is 10.5. The number of hydrogen-bond acceptors (Lipinski definition) is 9. The topological polar surface area (TPSA) is 134 Å². The van der Waals surface area contributed by atoms with Gasteiger partial charge in [0.2, 0.25) is 5.95 Å². The van der Waals surface area contributed by atoms with Crippen LogP contribution in [0.3, 0.4) is 0 Å². The summed E-state index contributed by atoms with van der Waals surface area (Å²) in [5, 5.41) is 18.3. The number of hydrogen-bond donors (Lipinski definition) is 2. The molecule has 0 aliphatic heterocycles. The lowest BCUT2D eigenvalue weighted by Crippen LogP contribution is -2.06. The minimum Gasteiger partial charge on any atom is -0.504 e. The van der Waals surface area contributed by atoms with Crippen molar-refractivity contribution in [2.24, 2.45) is 10.2 Å². The van der Waals surface area contributed by atoms with Crippen LogP contribution in [0.2, 0.25) is 0 Å². The highest BCUT2D eigenvalue weighted by Gasteiger charge is 2.15. The number of methoxy groups -OCH3 is 1. The van der Waals surface area contributed by atoms with E-state index in [-0.39, 0.29) is 18.0 Å². The van der Waals surface area contributed by atoms with Gasteiger partial charge in [-0.15, -0.1) is 5.11 Å². The maximum atomic E-state index is 10.6. The molecule has 10 nitrogen and oxygen atoms in total. The van der Waals surface area contributed by atoms with Crippen molar-refractivity contribution in [3.63, 3.8) is 0 Å². The van der Waals surface area contributed by atoms with Gasteiger partial charge in [0.15, 0.2) is 11.5 Å². The zero-order valence-corrected chi connectivity index (χ0v) is 18.4. The van der Waals surface area contributed by atoms with Crippen molar-refractivity contribution in [3.8, 4) is 17.2 Å². The van der Waals surface area contributed by atoms with Gasteiger partial charge >= 0.3 is 0 Å². The molecule has 1 aromatic heterocycles. The molecule has 0 saturated carbocycles. The molecular weight excluding hydrogens is 438 g/mol. The number of azo groups is 1. The van der Waals surface area contributed by atoms with E-state index < -0.39 is 0 Å². The molecule has 0 amide bonds. The van der Waals surface area contributed by atoms with E-state index in [0.29, 0.717) is 48.3 Å². The first-order valence-corrected chi connectivity index (χ1v) is 10.4. The molecule has 174 valence electrons. The van der Waals surface area contributed by atoms with Crippen LogP contribution in [-0.2, 0) is 16.1 Å². The van der Waals surface area contributed by atoms with Crippen LogP contribution in [-0.4, -0.2) is 41.5 Å². The van der Waals surface area contributed by atoms with Crippen molar-refractivity contribution in [2.75, 3.05) is 26.1 Å². The monoisotopic (exact) mass is 461 g/mol. The number of aromatic nitrogens is 2. The number of nitrogen functional groups attached to an aromatic ring is 1. The molecule has 10 heteroatoms. The smallest absolute Gasteiger partial charge is 0.298 e. The molecule has 3 N–H and O–H groups in total. The molecule has 0 bridgehead atoms. The zero-order valence-electron chi connectivity index (χ0n) is 18.4. The first kappa shape index (κ1) is 22.7. The maximum absolute atomic E-state index is 10.6. The number of nitrogens with zero attached hydrogens (tertiary/aromatic N) is 4. The third-order valence-electron chi connectivity index (χ3n) is 4.97. The highest BCUT2D eigenvalue weighted by Crippen LogP contribution is 2.35. The van der Waals surface area contributed by atoms with Gasteiger partial charge in [0.1, 0.15) is 23.6 Å². The minimum absolute atomic E-state index is 0.0235. The fraction of sp³-hybridized carbons (Fsp3) is 0.167. The number of ether oxygens (including phenoxy) is 3. The fourth-order valence-corrected chi connectivity index (χ4v) is 3.36. The standard InChI is InChI=1S/C24H23N5O5/c1-32-9-10-33-18-12-19(28-27-17-7-8-21(31)22(11-17)34-15-30)23-20(13-18)29(24(25)26-23)14-16-5-3-2-4-6-16/h2-8,11-13,15,31H,9-10,14H2,1H3,(H2,25,26). The van der Waals surface area contributed by atoms with E-state index in [9.17, 15) is 9.90 Å². The second-order valence-electron chi connectivity index (χ2n) is 7.26. The molecule has 0 aliphatic rings. The highest BCUT2D eigenvalue weighted by atomic mass is 16.5. The average Bonchev–Trinajstić information content (AvgIpc) is 3.15. The highest BCUT2D eigenvalue weighted by molar-refractivity contribution is 5.90. The van der Waals surface area contributed by atoms with Crippen LogP contribution in [0.25, 0.3) is 11.0 Å². The van der Waals surface area contributed by atoms with Gasteiger partial charge in [-0.2, -0.15) is 5.11 Å². The van der Waals surface area contributed by atoms with Gasteiger partial charge in [-0.3, -0.25) is 4.79 Å². The molecule has 0 spiro atoms. The van der Waals surface area contributed by atoms with E-state index >= 15 is 0 Å². The van der Waals surface area contributed by atoms with Crippen molar-refractivity contribution in [2.45, 2.75) is 6.54 Å². The summed E-state index contributed by atoms with van der Waals surface area (Å²) in [6.45, 7) is 1.52. The Morgan fingerprint density at radius 2 is 1.91 bits per heavy atom. The Kier molecular flexibility index (Phi) is 6.99. The molecule has 0 fully saturated rings. The molecule has 0 aliphatic carbocycles. The van der Waals surface area contributed by atoms with Gasteiger partial charge in [0, 0.05) is 25.3 Å². The first-order chi connectivity index (χ1) is 16.6. The van der Waals surface area contributed by atoms with Crippen molar-refractivity contribution >= 4 is 34.8 Å². The second-order valence-corrected chi connectivity index (χ2v) is 7.26. The minimum atomic E-state index is -0.186. The number of nitrogens with two attached hydrogens (primary N) is 1. The molecule has 0 radical (unpaired) electrons. The molecule has 1 heterocycles. The predicted molar refractivity (Wildman–Crippen MR) is 126 cm³/mol. The Balaban J connectivity index is 1.75. The van der Waals surface area contributed by atoms with E-state index in [1.54, 1.807) is 13.2 Å². The summed E-state index contributed by atoms with van der Waals surface area (Å²) in [5.41, 5.74) is 9.42. The largest absolute Gasteiger partial charge is 0.504 e. The first-order valence-electron chi connectivity index (χ1n) is 10.4. The van der Waals surface area contributed by atoms with E-state index in [1.165, 1.54) is 18.2 Å². The van der Waals surface area contributed by atoms with Crippen molar-refractivity contribution in [1.29, 1.82) is 0 Å². The summed E-state index contributed by atoms with van der Waals surface area (Å²) in [7, 11) is 1.60. The van der Waals surface area contributed by atoms with Gasteiger partial charge in [-0.25, -0.2) is 4.98 Å². The number of carbonyl (C=O) groups excluding carboxylic acids is 1. The summed E-state index contributed by atoms with van der Waals surface area (Å²) < 4.78 is 17.5. The van der Waals surface area contributed by atoms with E-state index in [4.69, 9.17) is 19.9 Å².